The molecule has 1 aromatic carbocycles. The van der Waals surface area contributed by atoms with Gasteiger partial charge in [0.15, 0.2) is 0 Å². The van der Waals surface area contributed by atoms with E-state index in [1.54, 1.807) is 0 Å². The average molecular weight is 257 g/mol. The molecule has 0 aliphatic rings. The Labute approximate surface area is 115 Å². The second kappa shape index (κ2) is 6.53. The van der Waals surface area contributed by atoms with E-state index >= 15 is 0 Å². The molecule has 19 heavy (non-hydrogen) atoms. The fourth-order valence-electron chi connectivity index (χ4n) is 2.19. The highest BCUT2D eigenvalue weighted by Crippen LogP contribution is 2.12. The number of benzene rings is 1. The van der Waals surface area contributed by atoms with Crippen LogP contribution < -0.4 is 5.32 Å². The van der Waals surface area contributed by atoms with Crippen LogP contribution in [0, 0.1) is 0 Å². The van der Waals surface area contributed by atoms with E-state index in [0.29, 0.717) is 6.04 Å². The summed E-state index contributed by atoms with van der Waals surface area (Å²) in [5.74, 6) is 0. The SMILES string of the molecule is CCc1ccccc1Cn1cncc1CNC(C)C. The van der Waals surface area contributed by atoms with Gasteiger partial charge < -0.3 is 9.88 Å². The molecule has 2 rings (SSSR count). The van der Waals surface area contributed by atoms with Gasteiger partial charge in [0.2, 0.25) is 0 Å². The van der Waals surface area contributed by atoms with Gasteiger partial charge in [-0.3, -0.25) is 0 Å². The van der Waals surface area contributed by atoms with Crippen molar-refractivity contribution in [1.29, 1.82) is 0 Å². The van der Waals surface area contributed by atoms with Gasteiger partial charge in [-0.2, -0.15) is 0 Å². The van der Waals surface area contributed by atoms with Crippen molar-refractivity contribution < 1.29 is 0 Å². The summed E-state index contributed by atoms with van der Waals surface area (Å²) in [6, 6.07) is 9.12. The number of nitrogens with one attached hydrogen (secondary N) is 1. The molecule has 2 aromatic rings. The lowest BCUT2D eigenvalue weighted by molar-refractivity contribution is 0.564. The van der Waals surface area contributed by atoms with Crippen LogP contribution in [0.15, 0.2) is 36.8 Å². The first-order valence-electron chi connectivity index (χ1n) is 7.00. The minimum atomic E-state index is 0.492. The number of imidazole rings is 1. The van der Waals surface area contributed by atoms with E-state index in [2.05, 4.69) is 59.9 Å². The van der Waals surface area contributed by atoms with Crippen LogP contribution >= 0.6 is 0 Å². The van der Waals surface area contributed by atoms with Gasteiger partial charge in [0, 0.05) is 25.3 Å². The third-order valence-electron chi connectivity index (χ3n) is 3.33. The molecule has 1 N–H and O–H groups in total. The topological polar surface area (TPSA) is 29.9 Å². The van der Waals surface area contributed by atoms with E-state index < -0.39 is 0 Å². The number of aromatic nitrogens is 2. The Morgan fingerprint density at radius 3 is 2.63 bits per heavy atom. The molecule has 0 aliphatic carbocycles. The van der Waals surface area contributed by atoms with E-state index in [4.69, 9.17) is 0 Å². The Morgan fingerprint density at radius 1 is 1.21 bits per heavy atom. The lowest BCUT2D eigenvalue weighted by Gasteiger charge is -2.13. The van der Waals surface area contributed by atoms with Gasteiger partial charge in [-0.25, -0.2) is 4.98 Å². The van der Waals surface area contributed by atoms with E-state index in [-0.39, 0.29) is 0 Å². The normalized spacial score (nSPS) is 11.2. The molecule has 0 amide bonds. The molecular weight excluding hydrogens is 234 g/mol. The fraction of sp³-hybridized carbons (Fsp3) is 0.438. The first kappa shape index (κ1) is 13.8. The van der Waals surface area contributed by atoms with Gasteiger partial charge in [0.05, 0.1) is 12.0 Å². The van der Waals surface area contributed by atoms with E-state index in [1.807, 2.05) is 12.5 Å². The smallest absolute Gasteiger partial charge is 0.0951 e. The third-order valence-corrected chi connectivity index (χ3v) is 3.33. The minimum Gasteiger partial charge on any atom is -0.329 e. The molecule has 0 radical (unpaired) electrons. The predicted octanol–water partition coefficient (Wildman–Crippen LogP) is 2.99. The van der Waals surface area contributed by atoms with Crippen molar-refractivity contribution in [1.82, 2.24) is 14.9 Å². The number of rotatable bonds is 6. The van der Waals surface area contributed by atoms with Crippen molar-refractivity contribution in [2.24, 2.45) is 0 Å². The quantitative estimate of drug-likeness (QED) is 0.862. The molecule has 0 unspecified atom stereocenters. The number of nitrogens with zero attached hydrogens (tertiary/aromatic N) is 2. The summed E-state index contributed by atoms with van der Waals surface area (Å²) < 4.78 is 2.23. The molecule has 1 heterocycles. The standard InChI is InChI=1S/C16H23N3/c1-4-14-7-5-6-8-15(14)11-19-12-17-9-16(19)10-18-13(2)3/h5-9,12-13,18H,4,10-11H2,1-3H3. The Morgan fingerprint density at radius 2 is 1.95 bits per heavy atom. The zero-order valence-electron chi connectivity index (χ0n) is 12.1. The maximum atomic E-state index is 4.27. The summed E-state index contributed by atoms with van der Waals surface area (Å²) >= 11 is 0. The zero-order valence-corrected chi connectivity index (χ0v) is 12.1. The fourth-order valence-corrected chi connectivity index (χ4v) is 2.19. The predicted molar refractivity (Wildman–Crippen MR) is 79.1 cm³/mol. The van der Waals surface area contributed by atoms with Crippen LogP contribution in [0.25, 0.3) is 0 Å². The van der Waals surface area contributed by atoms with Crippen LogP contribution in [0.1, 0.15) is 37.6 Å². The molecule has 0 aliphatic heterocycles. The Kier molecular flexibility index (Phi) is 4.74. The Hall–Kier alpha value is -1.61. The van der Waals surface area contributed by atoms with Crippen LogP contribution in [0.2, 0.25) is 0 Å². The lowest BCUT2D eigenvalue weighted by Crippen LogP contribution is -2.23. The third kappa shape index (κ3) is 3.67. The van der Waals surface area contributed by atoms with Gasteiger partial charge >= 0.3 is 0 Å². The molecule has 0 atom stereocenters. The summed E-state index contributed by atoms with van der Waals surface area (Å²) in [5, 5.41) is 3.44. The van der Waals surface area contributed by atoms with Gasteiger partial charge in [0.25, 0.3) is 0 Å². The average Bonchev–Trinajstić information content (AvgIpc) is 2.84. The second-order valence-electron chi connectivity index (χ2n) is 5.17. The first-order chi connectivity index (χ1) is 9.20. The van der Waals surface area contributed by atoms with Crippen LogP contribution in [0.3, 0.4) is 0 Å². The molecule has 0 saturated heterocycles. The molecule has 0 saturated carbocycles. The highest BCUT2D eigenvalue weighted by atomic mass is 15.1. The minimum absolute atomic E-state index is 0.492. The number of hydrogen-bond acceptors (Lipinski definition) is 2. The number of hydrogen-bond donors (Lipinski definition) is 1. The molecule has 0 bridgehead atoms. The highest BCUT2D eigenvalue weighted by molar-refractivity contribution is 5.27. The van der Waals surface area contributed by atoms with Crippen LogP contribution in [0.5, 0.6) is 0 Å². The van der Waals surface area contributed by atoms with E-state index in [9.17, 15) is 0 Å². The van der Waals surface area contributed by atoms with Gasteiger partial charge in [-0.15, -0.1) is 0 Å². The second-order valence-corrected chi connectivity index (χ2v) is 5.17. The van der Waals surface area contributed by atoms with Gasteiger partial charge in [0.1, 0.15) is 0 Å². The van der Waals surface area contributed by atoms with Crippen LogP contribution in [-0.2, 0) is 19.5 Å². The maximum absolute atomic E-state index is 4.27. The molecule has 0 spiro atoms. The monoisotopic (exact) mass is 257 g/mol. The molecule has 3 nitrogen and oxygen atoms in total. The Bertz CT molecular complexity index is 514. The summed E-state index contributed by atoms with van der Waals surface area (Å²) in [7, 11) is 0. The molecule has 3 heteroatoms. The van der Waals surface area contributed by atoms with Gasteiger partial charge in [-0.1, -0.05) is 45.0 Å². The van der Waals surface area contributed by atoms with Crippen LogP contribution in [0.4, 0.5) is 0 Å². The van der Waals surface area contributed by atoms with Crippen molar-refractivity contribution >= 4 is 0 Å². The van der Waals surface area contributed by atoms with E-state index in [1.165, 1.54) is 16.8 Å². The highest BCUT2D eigenvalue weighted by Gasteiger charge is 2.06. The molecular formula is C16H23N3. The van der Waals surface area contributed by atoms with E-state index in [0.717, 1.165) is 19.5 Å². The summed E-state index contributed by atoms with van der Waals surface area (Å²) in [5.41, 5.74) is 4.03. The summed E-state index contributed by atoms with van der Waals surface area (Å²) in [6.07, 6.45) is 4.94. The van der Waals surface area contributed by atoms with Crippen molar-refractivity contribution in [3.8, 4) is 0 Å². The Balaban J connectivity index is 2.12. The molecule has 0 fully saturated rings. The zero-order chi connectivity index (χ0) is 13.7. The van der Waals surface area contributed by atoms with Crippen molar-refractivity contribution in [2.75, 3.05) is 0 Å². The number of aryl methyl sites for hydroxylation is 1. The molecule has 1 aromatic heterocycles. The summed E-state index contributed by atoms with van der Waals surface area (Å²) in [6.45, 7) is 8.29. The molecule has 102 valence electrons. The largest absolute Gasteiger partial charge is 0.329 e. The maximum Gasteiger partial charge on any atom is 0.0951 e. The van der Waals surface area contributed by atoms with Gasteiger partial charge in [-0.05, 0) is 17.5 Å². The van der Waals surface area contributed by atoms with Crippen LogP contribution in [-0.4, -0.2) is 15.6 Å². The first-order valence-corrected chi connectivity index (χ1v) is 7.00. The van der Waals surface area contributed by atoms with Crippen molar-refractivity contribution in [2.45, 2.75) is 46.3 Å². The van der Waals surface area contributed by atoms with Crippen molar-refractivity contribution in [3.05, 3.63) is 53.6 Å². The summed E-state index contributed by atoms with van der Waals surface area (Å²) in [4.78, 5) is 4.27. The van der Waals surface area contributed by atoms with Crippen molar-refractivity contribution in [3.63, 3.8) is 0 Å². The lowest BCUT2D eigenvalue weighted by atomic mass is 10.1.